The van der Waals surface area contributed by atoms with Crippen molar-refractivity contribution >= 4 is 26.8 Å². The van der Waals surface area contributed by atoms with Crippen LogP contribution in [0.4, 0.5) is 0 Å². The summed E-state index contributed by atoms with van der Waals surface area (Å²) in [7, 11) is -1.48. The minimum atomic E-state index is -3.09. The van der Waals surface area contributed by atoms with Crippen LogP contribution in [0.5, 0.6) is 5.75 Å². The van der Waals surface area contributed by atoms with E-state index in [1.165, 1.54) is 0 Å². The number of aromatic nitrogens is 3. The van der Waals surface area contributed by atoms with Crippen molar-refractivity contribution in [1.82, 2.24) is 19.7 Å². The molecule has 0 aliphatic carbocycles. The first-order valence-electron chi connectivity index (χ1n) is 11.4. The SMILES string of the molecule is COc1ccc(-c2cc(C(=O)N3CCCCC3)c3c(C)nn(C4CCS(=O)(=O)C4)c3n2)cc1. The maximum atomic E-state index is 13.6. The van der Waals surface area contributed by atoms with Gasteiger partial charge in [-0.3, -0.25) is 4.79 Å². The van der Waals surface area contributed by atoms with Crippen molar-refractivity contribution in [2.24, 2.45) is 0 Å². The second kappa shape index (κ2) is 8.44. The Labute approximate surface area is 193 Å². The highest BCUT2D eigenvalue weighted by molar-refractivity contribution is 7.91. The molecule has 1 atom stereocenters. The number of piperidine rings is 1. The van der Waals surface area contributed by atoms with Crippen LogP contribution in [0.1, 0.15) is 47.8 Å². The van der Waals surface area contributed by atoms with Gasteiger partial charge in [-0.25, -0.2) is 18.1 Å². The van der Waals surface area contributed by atoms with Gasteiger partial charge in [0, 0.05) is 18.7 Å². The summed E-state index contributed by atoms with van der Waals surface area (Å²) in [6, 6.07) is 9.12. The van der Waals surface area contributed by atoms with Crippen molar-refractivity contribution in [3.63, 3.8) is 0 Å². The van der Waals surface area contributed by atoms with Crippen LogP contribution in [0.2, 0.25) is 0 Å². The van der Waals surface area contributed by atoms with E-state index in [0.717, 1.165) is 43.7 Å². The lowest BCUT2D eigenvalue weighted by molar-refractivity contribution is 0.0726. The number of likely N-dealkylation sites (tertiary alicyclic amines) is 1. The number of pyridine rings is 1. The standard InChI is InChI=1S/C24H28N4O4S/c1-16-22-20(24(29)27-11-4-3-5-12-27)14-21(17-6-8-19(32-2)9-7-17)25-23(22)28(26-16)18-10-13-33(30,31)15-18/h6-9,14,18H,3-5,10-13,15H2,1-2H3. The topological polar surface area (TPSA) is 94.4 Å². The zero-order valence-electron chi connectivity index (χ0n) is 19.0. The molecule has 33 heavy (non-hydrogen) atoms. The molecular weight excluding hydrogens is 440 g/mol. The lowest BCUT2D eigenvalue weighted by Gasteiger charge is -2.27. The van der Waals surface area contributed by atoms with E-state index in [2.05, 4.69) is 5.10 Å². The van der Waals surface area contributed by atoms with Crippen LogP contribution in [0.15, 0.2) is 30.3 Å². The molecule has 2 fully saturated rings. The molecule has 2 aromatic heterocycles. The van der Waals surface area contributed by atoms with Crippen molar-refractivity contribution < 1.29 is 17.9 Å². The molecule has 0 N–H and O–H groups in total. The molecule has 1 aromatic carbocycles. The van der Waals surface area contributed by atoms with Crippen molar-refractivity contribution in [3.05, 3.63) is 41.6 Å². The lowest BCUT2D eigenvalue weighted by Crippen LogP contribution is -2.35. The van der Waals surface area contributed by atoms with Crippen molar-refractivity contribution in [3.8, 4) is 17.0 Å². The number of sulfone groups is 1. The van der Waals surface area contributed by atoms with E-state index < -0.39 is 9.84 Å². The molecule has 174 valence electrons. The highest BCUT2D eigenvalue weighted by Gasteiger charge is 2.33. The highest BCUT2D eigenvalue weighted by atomic mass is 32.2. The summed E-state index contributed by atoms with van der Waals surface area (Å²) >= 11 is 0. The number of methoxy groups -OCH3 is 1. The number of carbonyl (C=O) groups is 1. The number of fused-ring (bicyclic) bond motifs is 1. The number of nitrogens with zero attached hydrogens (tertiary/aromatic N) is 4. The van der Waals surface area contributed by atoms with Gasteiger partial charge in [-0.15, -0.1) is 0 Å². The first-order valence-corrected chi connectivity index (χ1v) is 13.2. The molecule has 3 aromatic rings. The van der Waals surface area contributed by atoms with Crippen LogP contribution in [-0.4, -0.2) is 65.7 Å². The third-order valence-corrected chi connectivity index (χ3v) is 8.40. The van der Waals surface area contributed by atoms with E-state index in [1.807, 2.05) is 42.2 Å². The zero-order valence-corrected chi connectivity index (χ0v) is 19.8. The molecule has 2 saturated heterocycles. The van der Waals surface area contributed by atoms with Gasteiger partial charge in [-0.2, -0.15) is 5.10 Å². The molecule has 1 unspecified atom stereocenters. The molecule has 0 saturated carbocycles. The Hall–Kier alpha value is -2.94. The van der Waals surface area contributed by atoms with Crippen LogP contribution in [0, 0.1) is 6.92 Å². The third kappa shape index (κ3) is 4.10. The number of benzene rings is 1. The molecule has 4 heterocycles. The zero-order chi connectivity index (χ0) is 23.2. The van der Waals surface area contributed by atoms with Gasteiger partial charge in [0.25, 0.3) is 5.91 Å². The van der Waals surface area contributed by atoms with E-state index in [9.17, 15) is 13.2 Å². The quantitative estimate of drug-likeness (QED) is 0.583. The average molecular weight is 469 g/mol. The van der Waals surface area contributed by atoms with Crippen molar-refractivity contribution in [2.45, 2.75) is 38.6 Å². The Kier molecular flexibility index (Phi) is 5.60. The van der Waals surface area contributed by atoms with E-state index in [-0.39, 0.29) is 23.5 Å². The summed E-state index contributed by atoms with van der Waals surface area (Å²) in [6.45, 7) is 3.35. The second-order valence-electron chi connectivity index (χ2n) is 8.92. The molecule has 2 aliphatic heterocycles. The minimum absolute atomic E-state index is 0.0152. The first-order chi connectivity index (χ1) is 15.9. The average Bonchev–Trinajstić information content (AvgIpc) is 3.37. The third-order valence-electron chi connectivity index (χ3n) is 6.65. The van der Waals surface area contributed by atoms with Crippen LogP contribution >= 0.6 is 0 Å². The Morgan fingerprint density at radius 2 is 1.85 bits per heavy atom. The molecule has 2 aliphatic rings. The van der Waals surface area contributed by atoms with Crippen molar-refractivity contribution in [1.29, 1.82) is 0 Å². The summed E-state index contributed by atoms with van der Waals surface area (Å²) in [5.74, 6) is 0.920. The number of hydrogen-bond acceptors (Lipinski definition) is 6. The van der Waals surface area contributed by atoms with Crippen LogP contribution in [0.3, 0.4) is 0 Å². The fourth-order valence-electron chi connectivity index (χ4n) is 4.88. The number of amides is 1. The maximum Gasteiger partial charge on any atom is 0.254 e. The summed E-state index contributed by atoms with van der Waals surface area (Å²) in [5.41, 5.74) is 3.37. The Bertz CT molecular complexity index is 1310. The normalized spacial score (nSPS) is 20.3. The van der Waals surface area contributed by atoms with Gasteiger partial charge < -0.3 is 9.64 Å². The number of hydrogen-bond donors (Lipinski definition) is 0. The van der Waals surface area contributed by atoms with Crippen LogP contribution < -0.4 is 4.74 Å². The smallest absolute Gasteiger partial charge is 0.254 e. The maximum absolute atomic E-state index is 13.6. The van der Waals surface area contributed by atoms with E-state index in [1.54, 1.807) is 11.8 Å². The van der Waals surface area contributed by atoms with Crippen molar-refractivity contribution in [2.75, 3.05) is 31.7 Å². The molecule has 5 rings (SSSR count). The minimum Gasteiger partial charge on any atom is -0.497 e. The largest absolute Gasteiger partial charge is 0.497 e. The molecule has 8 nitrogen and oxygen atoms in total. The van der Waals surface area contributed by atoms with E-state index >= 15 is 0 Å². The van der Waals surface area contributed by atoms with Gasteiger partial charge in [-0.1, -0.05) is 0 Å². The van der Waals surface area contributed by atoms with Crippen LogP contribution in [0.25, 0.3) is 22.3 Å². The van der Waals surface area contributed by atoms with Crippen LogP contribution in [-0.2, 0) is 9.84 Å². The summed E-state index contributed by atoms with van der Waals surface area (Å²) in [5, 5.41) is 5.40. The number of ether oxygens (including phenoxy) is 1. The summed E-state index contributed by atoms with van der Waals surface area (Å²) in [6.07, 6.45) is 3.65. The fourth-order valence-corrected chi connectivity index (χ4v) is 6.57. The van der Waals surface area contributed by atoms with E-state index in [0.29, 0.717) is 34.4 Å². The van der Waals surface area contributed by atoms with Gasteiger partial charge in [0.15, 0.2) is 15.5 Å². The second-order valence-corrected chi connectivity index (χ2v) is 11.2. The molecule has 0 bridgehead atoms. The Morgan fingerprint density at radius 1 is 1.12 bits per heavy atom. The van der Waals surface area contributed by atoms with Gasteiger partial charge in [-0.05, 0) is 62.9 Å². The first kappa shape index (κ1) is 21.9. The summed E-state index contributed by atoms with van der Waals surface area (Å²) < 4.78 is 31.3. The Morgan fingerprint density at radius 3 is 2.48 bits per heavy atom. The monoisotopic (exact) mass is 468 g/mol. The van der Waals surface area contributed by atoms with Gasteiger partial charge >= 0.3 is 0 Å². The number of rotatable bonds is 4. The molecule has 9 heteroatoms. The van der Waals surface area contributed by atoms with Gasteiger partial charge in [0.2, 0.25) is 0 Å². The predicted molar refractivity (Wildman–Crippen MR) is 126 cm³/mol. The number of aryl methyl sites for hydroxylation is 1. The van der Waals surface area contributed by atoms with Gasteiger partial charge in [0.05, 0.1) is 47.0 Å². The fraction of sp³-hybridized carbons (Fsp3) is 0.458. The predicted octanol–water partition coefficient (Wildman–Crippen LogP) is 3.40. The van der Waals surface area contributed by atoms with Gasteiger partial charge in [0.1, 0.15) is 5.75 Å². The molecular formula is C24H28N4O4S. The Balaban J connectivity index is 1.68. The molecule has 1 amide bonds. The molecule has 0 radical (unpaired) electrons. The molecule has 0 spiro atoms. The lowest BCUT2D eigenvalue weighted by atomic mass is 10.0. The number of carbonyl (C=O) groups excluding carboxylic acids is 1. The van der Waals surface area contributed by atoms with E-state index in [4.69, 9.17) is 9.72 Å². The summed E-state index contributed by atoms with van der Waals surface area (Å²) in [4.78, 5) is 20.4. The highest BCUT2D eigenvalue weighted by Crippen LogP contribution is 2.33.